The third kappa shape index (κ3) is 2.95. The number of ether oxygens (including phenoxy) is 2. The Labute approximate surface area is 117 Å². The number of carbonyl (C=O) groups excluding carboxylic acids is 2. The van der Waals surface area contributed by atoms with Crippen LogP contribution in [-0.4, -0.2) is 30.2 Å². The lowest BCUT2D eigenvalue weighted by molar-refractivity contribution is -0.152. The molecule has 0 saturated heterocycles. The molecule has 6 nitrogen and oxygen atoms in total. The maximum atomic E-state index is 12.1. The van der Waals surface area contributed by atoms with Crippen LogP contribution in [-0.2, 0) is 14.3 Å². The minimum atomic E-state index is -0.868. The molecule has 0 aromatic carbocycles. The standard InChI is InChI=1S/C14H20N2O4/c1-14(2,13(18)19-3)8-20-12(17)11-6-9(15)7-16(11)10-4-5-10/h6-7,10H,4-5,8,15H2,1-3H3. The average molecular weight is 280 g/mol. The molecule has 2 rings (SSSR count). The van der Waals surface area contributed by atoms with Gasteiger partial charge in [0.2, 0.25) is 0 Å². The quantitative estimate of drug-likeness (QED) is 0.831. The number of methoxy groups -OCH3 is 1. The number of anilines is 1. The topological polar surface area (TPSA) is 83.6 Å². The molecule has 6 heteroatoms. The highest BCUT2D eigenvalue weighted by atomic mass is 16.5. The third-order valence-corrected chi connectivity index (χ3v) is 3.32. The summed E-state index contributed by atoms with van der Waals surface area (Å²) < 4.78 is 11.8. The van der Waals surface area contributed by atoms with E-state index in [0.717, 1.165) is 12.8 Å². The molecule has 0 atom stereocenters. The molecule has 0 radical (unpaired) electrons. The molecule has 0 unspecified atom stereocenters. The van der Waals surface area contributed by atoms with Crippen molar-refractivity contribution in [2.75, 3.05) is 19.5 Å². The smallest absolute Gasteiger partial charge is 0.355 e. The van der Waals surface area contributed by atoms with E-state index in [0.29, 0.717) is 17.4 Å². The molecular weight excluding hydrogens is 260 g/mol. The molecule has 1 aromatic heterocycles. The number of nitrogens with zero attached hydrogens (tertiary/aromatic N) is 1. The van der Waals surface area contributed by atoms with Gasteiger partial charge in [-0.25, -0.2) is 4.79 Å². The van der Waals surface area contributed by atoms with E-state index in [1.807, 2.05) is 4.57 Å². The van der Waals surface area contributed by atoms with Crippen LogP contribution in [0.2, 0.25) is 0 Å². The van der Waals surface area contributed by atoms with E-state index in [1.165, 1.54) is 7.11 Å². The molecular formula is C14H20N2O4. The zero-order valence-corrected chi connectivity index (χ0v) is 12.0. The van der Waals surface area contributed by atoms with Crippen LogP contribution in [0, 0.1) is 5.41 Å². The number of rotatable bonds is 5. The van der Waals surface area contributed by atoms with E-state index >= 15 is 0 Å². The molecule has 110 valence electrons. The normalized spacial score (nSPS) is 14.9. The molecule has 1 aliphatic carbocycles. The highest BCUT2D eigenvalue weighted by Gasteiger charge is 2.32. The lowest BCUT2D eigenvalue weighted by atomic mass is 9.95. The fourth-order valence-corrected chi connectivity index (χ4v) is 1.97. The van der Waals surface area contributed by atoms with Gasteiger partial charge in [0.05, 0.1) is 18.2 Å². The van der Waals surface area contributed by atoms with Gasteiger partial charge in [-0.2, -0.15) is 0 Å². The Kier molecular flexibility index (Phi) is 3.74. The van der Waals surface area contributed by atoms with E-state index in [4.69, 9.17) is 10.5 Å². The molecule has 1 fully saturated rings. The summed E-state index contributed by atoms with van der Waals surface area (Å²) in [7, 11) is 1.31. The van der Waals surface area contributed by atoms with Gasteiger partial charge >= 0.3 is 11.9 Å². The summed E-state index contributed by atoms with van der Waals surface area (Å²) in [6.45, 7) is 3.30. The highest BCUT2D eigenvalue weighted by Crippen LogP contribution is 2.37. The van der Waals surface area contributed by atoms with E-state index in [2.05, 4.69) is 4.74 Å². The average Bonchev–Trinajstić information content (AvgIpc) is 3.18. The summed E-state index contributed by atoms with van der Waals surface area (Å²) in [5.74, 6) is -0.882. The van der Waals surface area contributed by atoms with Crippen LogP contribution in [0.25, 0.3) is 0 Å². The number of aromatic nitrogens is 1. The van der Waals surface area contributed by atoms with Crippen molar-refractivity contribution < 1.29 is 19.1 Å². The van der Waals surface area contributed by atoms with Crippen LogP contribution in [0.15, 0.2) is 12.3 Å². The van der Waals surface area contributed by atoms with Gasteiger partial charge in [0.25, 0.3) is 0 Å². The first-order chi connectivity index (χ1) is 9.35. The number of hydrogen-bond acceptors (Lipinski definition) is 5. The summed E-state index contributed by atoms with van der Waals surface area (Å²) in [6.07, 6.45) is 3.84. The summed E-state index contributed by atoms with van der Waals surface area (Å²) in [6, 6.07) is 1.94. The first kappa shape index (κ1) is 14.4. The number of nitrogen functional groups attached to an aromatic ring is 1. The summed E-state index contributed by atoms with van der Waals surface area (Å²) in [5.41, 5.74) is 5.84. The van der Waals surface area contributed by atoms with Gasteiger partial charge in [-0.3, -0.25) is 4.79 Å². The minimum absolute atomic E-state index is 0.0335. The van der Waals surface area contributed by atoms with E-state index < -0.39 is 17.4 Å². The van der Waals surface area contributed by atoms with Crippen LogP contribution in [0.1, 0.15) is 43.2 Å². The van der Waals surface area contributed by atoms with Crippen molar-refractivity contribution in [2.24, 2.45) is 5.41 Å². The zero-order valence-electron chi connectivity index (χ0n) is 12.0. The van der Waals surface area contributed by atoms with Gasteiger partial charge in [-0.1, -0.05) is 0 Å². The van der Waals surface area contributed by atoms with Gasteiger partial charge in [-0.05, 0) is 32.8 Å². The van der Waals surface area contributed by atoms with Crippen molar-refractivity contribution in [1.82, 2.24) is 4.57 Å². The van der Waals surface area contributed by atoms with Crippen LogP contribution in [0.4, 0.5) is 5.69 Å². The molecule has 1 saturated carbocycles. The van der Waals surface area contributed by atoms with Crippen molar-refractivity contribution in [3.8, 4) is 0 Å². The Morgan fingerprint density at radius 1 is 1.45 bits per heavy atom. The van der Waals surface area contributed by atoms with Gasteiger partial charge in [0, 0.05) is 12.2 Å². The van der Waals surface area contributed by atoms with E-state index in [1.54, 1.807) is 26.1 Å². The highest BCUT2D eigenvalue weighted by molar-refractivity contribution is 5.89. The Balaban J connectivity index is 2.04. The lowest BCUT2D eigenvalue weighted by Crippen LogP contribution is -2.32. The van der Waals surface area contributed by atoms with E-state index in [-0.39, 0.29) is 6.61 Å². The van der Waals surface area contributed by atoms with Crippen molar-refractivity contribution in [1.29, 1.82) is 0 Å². The van der Waals surface area contributed by atoms with Crippen LogP contribution < -0.4 is 5.73 Å². The summed E-state index contributed by atoms with van der Waals surface area (Å²) in [4.78, 5) is 23.7. The predicted molar refractivity (Wildman–Crippen MR) is 73.2 cm³/mol. The Morgan fingerprint density at radius 3 is 2.65 bits per heavy atom. The first-order valence-electron chi connectivity index (χ1n) is 6.58. The van der Waals surface area contributed by atoms with Crippen molar-refractivity contribution in [3.05, 3.63) is 18.0 Å². The van der Waals surface area contributed by atoms with Gasteiger partial charge in [-0.15, -0.1) is 0 Å². The molecule has 2 N–H and O–H groups in total. The third-order valence-electron chi connectivity index (χ3n) is 3.32. The zero-order chi connectivity index (χ0) is 14.9. The molecule has 0 bridgehead atoms. The lowest BCUT2D eigenvalue weighted by Gasteiger charge is -2.21. The molecule has 0 aliphatic heterocycles. The number of carbonyl (C=O) groups is 2. The first-order valence-corrected chi connectivity index (χ1v) is 6.58. The number of hydrogen-bond donors (Lipinski definition) is 1. The molecule has 1 aromatic rings. The van der Waals surface area contributed by atoms with Crippen LogP contribution in [0.5, 0.6) is 0 Å². The molecule has 1 heterocycles. The largest absolute Gasteiger partial charge is 0.469 e. The van der Waals surface area contributed by atoms with E-state index in [9.17, 15) is 9.59 Å². The fourth-order valence-electron chi connectivity index (χ4n) is 1.97. The van der Waals surface area contributed by atoms with Gasteiger partial charge in [0.15, 0.2) is 0 Å². The monoisotopic (exact) mass is 280 g/mol. The molecule has 20 heavy (non-hydrogen) atoms. The van der Waals surface area contributed by atoms with Crippen molar-refractivity contribution >= 4 is 17.6 Å². The predicted octanol–water partition coefficient (Wildman–Crippen LogP) is 1.76. The molecule has 0 amide bonds. The fraction of sp³-hybridized carbons (Fsp3) is 0.571. The second-order valence-corrected chi connectivity index (χ2v) is 5.75. The number of nitrogens with two attached hydrogens (primary N) is 1. The van der Waals surface area contributed by atoms with Crippen LogP contribution >= 0.6 is 0 Å². The summed E-state index contributed by atoms with van der Waals surface area (Å²) >= 11 is 0. The van der Waals surface area contributed by atoms with Gasteiger partial charge < -0.3 is 19.8 Å². The Morgan fingerprint density at radius 2 is 2.10 bits per heavy atom. The maximum Gasteiger partial charge on any atom is 0.355 e. The Hall–Kier alpha value is -1.98. The Bertz CT molecular complexity index is 529. The molecule has 0 spiro atoms. The minimum Gasteiger partial charge on any atom is -0.469 e. The maximum absolute atomic E-state index is 12.1. The van der Waals surface area contributed by atoms with Crippen molar-refractivity contribution in [3.63, 3.8) is 0 Å². The molecule has 1 aliphatic rings. The second-order valence-electron chi connectivity index (χ2n) is 5.75. The summed E-state index contributed by atoms with van der Waals surface area (Å²) in [5, 5.41) is 0. The van der Waals surface area contributed by atoms with Crippen LogP contribution in [0.3, 0.4) is 0 Å². The SMILES string of the molecule is COC(=O)C(C)(C)COC(=O)c1cc(N)cn1C1CC1. The second kappa shape index (κ2) is 5.19. The number of esters is 2. The van der Waals surface area contributed by atoms with Crippen molar-refractivity contribution in [2.45, 2.75) is 32.7 Å². The van der Waals surface area contributed by atoms with Gasteiger partial charge in [0.1, 0.15) is 12.3 Å².